The number of rotatable bonds is 7. The van der Waals surface area contributed by atoms with Crippen molar-refractivity contribution in [3.8, 4) is 0 Å². The first-order chi connectivity index (χ1) is 11.9. The number of nitrogens with zero attached hydrogens (tertiary/aromatic N) is 1. The summed E-state index contributed by atoms with van der Waals surface area (Å²) in [6, 6.07) is 5.40. The molecular formula is C19H30IN3O2S. The number of hydrogen-bond acceptors (Lipinski definition) is 3. The summed E-state index contributed by atoms with van der Waals surface area (Å²) in [5.41, 5.74) is 3.30. The lowest BCUT2D eigenvalue weighted by atomic mass is 10.1. The normalized spacial score (nSPS) is 14.6. The van der Waals surface area contributed by atoms with E-state index in [2.05, 4.69) is 21.7 Å². The van der Waals surface area contributed by atoms with Gasteiger partial charge in [-0.2, -0.15) is 0 Å². The van der Waals surface area contributed by atoms with Gasteiger partial charge in [-0.25, -0.2) is 13.4 Å². The van der Waals surface area contributed by atoms with Gasteiger partial charge < -0.3 is 10.6 Å². The van der Waals surface area contributed by atoms with E-state index in [-0.39, 0.29) is 24.0 Å². The van der Waals surface area contributed by atoms with Crippen LogP contribution in [0.4, 0.5) is 0 Å². The summed E-state index contributed by atoms with van der Waals surface area (Å²) >= 11 is 0. The number of benzene rings is 1. The number of nitrogens with one attached hydrogen (secondary N) is 2. The van der Waals surface area contributed by atoms with E-state index in [0.717, 1.165) is 36.6 Å². The van der Waals surface area contributed by atoms with Gasteiger partial charge in [0.05, 0.1) is 11.4 Å². The van der Waals surface area contributed by atoms with E-state index in [1.54, 1.807) is 6.07 Å². The minimum atomic E-state index is -3.18. The first-order valence-corrected chi connectivity index (χ1v) is 10.8. The van der Waals surface area contributed by atoms with Crippen molar-refractivity contribution in [2.45, 2.75) is 51.0 Å². The highest BCUT2D eigenvalue weighted by atomic mass is 127. The highest BCUT2D eigenvalue weighted by Crippen LogP contribution is 2.20. The van der Waals surface area contributed by atoms with E-state index in [4.69, 9.17) is 0 Å². The van der Waals surface area contributed by atoms with Crippen molar-refractivity contribution < 1.29 is 8.42 Å². The Kier molecular flexibility index (Phi) is 9.63. The molecule has 0 spiro atoms. The third kappa shape index (κ3) is 7.26. The van der Waals surface area contributed by atoms with Gasteiger partial charge in [0.25, 0.3) is 0 Å². The van der Waals surface area contributed by atoms with Crippen LogP contribution in [0.25, 0.3) is 0 Å². The molecule has 0 bridgehead atoms. The second-order valence-corrected chi connectivity index (χ2v) is 8.48. The first kappa shape index (κ1) is 23.0. The quantitative estimate of drug-likeness (QED) is 0.265. The molecule has 0 saturated carbocycles. The molecule has 0 heterocycles. The van der Waals surface area contributed by atoms with Crippen molar-refractivity contribution in [1.29, 1.82) is 0 Å². The maximum atomic E-state index is 11.7. The van der Waals surface area contributed by atoms with Crippen molar-refractivity contribution in [1.82, 2.24) is 10.6 Å². The third-order valence-electron chi connectivity index (χ3n) is 4.28. The second kappa shape index (κ2) is 10.9. The van der Waals surface area contributed by atoms with Crippen LogP contribution < -0.4 is 10.6 Å². The van der Waals surface area contributed by atoms with Crippen molar-refractivity contribution in [3.63, 3.8) is 0 Å². The smallest absolute Gasteiger partial charge is 0.191 e. The SMILES string of the molecule is CCNC(=NCc1ccc(S(C)(=O)=O)c(C)c1)NCCC1=CCCC1.I. The van der Waals surface area contributed by atoms with Crippen molar-refractivity contribution in [2.75, 3.05) is 19.3 Å². The molecule has 26 heavy (non-hydrogen) atoms. The summed E-state index contributed by atoms with van der Waals surface area (Å²) in [6.07, 6.45) is 8.37. The number of sulfone groups is 1. The Bertz CT molecular complexity index is 758. The van der Waals surface area contributed by atoms with Crippen LogP contribution in [0.5, 0.6) is 0 Å². The zero-order valence-corrected chi connectivity index (χ0v) is 19.0. The van der Waals surface area contributed by atoms with E-state index in [1.165, 1.54) is 31.1 Å². The van der Waals surface area contributed by atoms with Gasteiger partial charge >= 0.3 is 0 Å². The molecule has 2 rings (SSSR count). The average Bonchev–Trinajstić information content (AvgIpc) is 3.04. The maximum absolute atomic E-state index is 11.7. The van der Waals surface area contributed by atoms with Crippen molar-refractivity contribution >= 4 is 39.8 Å². The molecule has 0 amide bonds. The molecule has 1 aromatic rings. The number of hydrogen-bond donors (Lipinski definition) is 2. The number of allylic oxidation sites excluding steroid dienone is 1. The van der Waals surface area contributed by atoms with Crippen LogP contribution in [-0.2, 0) is 16.4 Å². The Labute approximate surface area is 174 Å². The summed E-state index contributed by atoms with van der Waals surface area (Å²) in [5, 5.41) is 6.62. The van der Waals surface area contributed by atoms with Crippen LogP contribution in [0.2, 0.25) is 0 Å². The largest absolute Gasteiger partial charge is 0.357 e. The number of aryl methyl sites for hydroxylation is 1. The molecule has 0 radical (unpaired) electrons. The summed E-state index contributed by atoms with van der Waals surface area (Å²) < 4.78 is 23.4. The molecule has 0 aliphatic heterocycles. The molecule has 0 saturated heterocycles. The fraction of sp³-hybridized carbons (Fsp3) is 0.526. The van der Waals surface area contributed by atoms with E-state index in [0.29, 0.717) is 11.4 Å². The lowest BCUT2D eigenvalue weighted by molar-refractivity contribution is 0.601. The second-order valence-electron chi connectivity index (χ2n) is 6.50. The summed E-state index contributed by atoms with van der Waals surface area (Å²) in [4.78, 5) is 4.99. The zero-order chi connectivity index (χ0) is 18.3. The van der Waals surface area contributed by atoms with Gasteiger partial charge in [0.1, 0.15) is 0 Å². The van der Waals surface area contributed by atoms with E-state index in [9.17, 15) is 8.42 Å². The van der Waals surface area contributed by atoms with Crippen molar-refractivity contribution in [2.24, 2.45) is 4.99 Å². The molecule has 5 nitrogen and oxygen atoms in total. The fourth-order valence-electron chi connectivity index (χ4n) is 3.04. The molecule has 1 aliphatic carbocycles. The van der Waals surface area contributed by atoms with Crippen LogP contribution in [0.3, 0.4) is 0 Å². The van der Waals surface area contributed by atoms with Crippen LogP contribution >= 0.6 is 24.0 Å². The van der Waals surface area contributed by atoms with Crippen molar-refractivity contribution in [3.05, 3.63) is 41.0 Å². The average molecular weight is 491 g/mol. The zero-order valence-electron chi connectivity index (χ0n) is 15.8. The number of halogens is 1. The highest BCUT2D eigenvalue weighted by Gasteiger charge is 2.10. The molecule has 0 aromatic heterocycles. The summed E-state index contributed by atoms with van der Waals surface area (Å²) in [5.74, 6) is 0.797. The molecule has 0 fully saturated rings. The number of aliphatic imine (C=N–C) groups is 1. The predicted octanol–water partition coefficient (Wildman–Crippen LogP) is 3.57. The minimum Gasteiger partial charge on any atom is -0.357 e. The maximum Gasteiger partial charge on any atom is 0.191 e. The van der Waals surface area contributed by atoms with Crippen LogP contribution in [0, 0.1) is 6.92 Å². The van der Waals surface area contributed by atoms with Gasteiger partial charge in [0.15, 0.2) is 15.8 Å². The van der Waals surface area contributed by atoms with Gasteiger partial charge in [0.2, 0.25) is 0 Å². The predicted molar refractivity (Wildman–Crippen MR) is 119 cm³/mol. The van der Waals surface area contributed by atoms with Gasteiger partial charge in [-0.3, -0.25) is 0 Å². The molecule has 2 N–H and O–H groups in total. The molecule has 0 unspecified atom stereocenters. The molecule has 0 atom stereocenters. The molecule has 7 heteroatoms. The van der Waals surface area contributed by atoms with Gasteiger partial charge in [0, 0.05) is 19.3 Å². The Morgan fingerprint density at radius 1 is 1.27 bits per heavy atom. The van der Waals surface area contributed by atoms with E-state index < -0.39 is 9.84 Å². The lowest BCUT2D eigenvalue weighted by Crippen LogP contribution is -2.37. The summed E-state index contributed by atoms with van der Waals surface area (Å²) in [7, 11) is -3.18. The fourth-order valence-corrected chi connectivity index (χ4v) is 4.00. The Morgan fingerprint density at radius 3 is 2.62 bits per heavy atom. The molecule has 1 aliphatic rings. The minimum absolute atomic E-state index is 0. The lowest BCUT2D eigenvalue weighted by Gasteiger charge is -2.12. The molecule has 146 valence electrons. The first-order valence-electron chi connectivity index (χ1n) is 8.90. The van der Waals surface area contributed by atoms with E-state index in [1.807, 2.05) is 26.0 Å². The Hall–Kier alpha value is -1.09. The topological polar surface area (TPSA) is 70.6 Å². The van der Waals surface area contributed by atoms with Gasteiger partial charge in [-0.05, 0) is 56.7 Å². The van der Waals surface area contributed by atoms with Crippen LogP contribution in [0.1, 0.15) is 43.7 Å². The Morgan fingerprint density at radius 2 is 2.04 bits per heavy atom. The van der Waals surface area contributed by atoms with Gasteiger partial charge in [-0.1, -0.05) is 23.8 Å². The highest BCUT2D eigenvalue weighted by molar-refractivity contribution is 14.0. The summed E-state index contributed by atoms with van der Waals surface area (Å²) in [6.45, 7) is 6.07. The van der Waals surface area contributed by atoms with Crippen LogP contribution in [-0.4, -0.2) is 33.7 Å². The number of guanidine groups is 1. The van der Waals surface area contributed by atoms with E-state index >= 15 is 0 Å². The standard InChI is InChI=1S/C19H29N3O2S.HI/c1-4-20-19(21-12-11-16-7-5-6-8-16)22-14-17-9-10-18(15(2)13-17)25(3,23)24;/h7,9-10,13H,4-6,8,11-12,14H2,1-3H3,(H2,20,21,22);1H. The molecular weight excluding hydrogens is 461 g/mol. The third-order valence-corrected chi connectivity index (χ3v) is 5.53. The monoisotopic (exact) mass is 491 g/mol. The van der Waals surface area contributed by atoms with Crippen LogP contribution in [0.15, 0.2) is 39.7 Å². The molecule has 1 aromatic carbocycles. The van der Waals surface area contributed by atoms with Gasteiger partial charge in [-0.15, -0.1) is 24.0 Å². The Balaban J connectivity index is 0.00000338.